The lowest BCUT2D eigenvalue weighted by Crippen LogP contribution is -2.46. The van der Waals surface area contributed by atoms with Crippen LogP contribution in [0.3, 0.4) is 0 Å². The van der Waals surface area contributed by atoms with E-state index in [1.54, 1.807) is 19.0 Å². The quantitative estimate of drug-likeness (QED) is 0.899. The Bertz CT molecular complexity index is 751. The van der Waals surface area contributed by atoms with Crippen LogP contribution in [0.15, 0.2) is 34.9 Å². The summed E-state index contributed by atoms with van der Waals surface area (Å²) in [6.45, 7) is 1.20. The SMILES string of the molecule is CN(C)C(=O)CNC(=O)N1CCC(c2nc(-c3ccccc3)no2)CC1. The van der Waals surface area contributed by atoms with E-state index < -0.39 is 0 Å². The predicted octanol–water partition coefficient (Wildman–Crippen LogP) is 1.71. The lowest BCUT2D eigenvalue weighted by molar-refractivity contribution is -0.127. The topological polar surface area (TPSA) is 91.6 Å². The van der Waals surface area contributed by atoms with Crippen LogP contribution in [0.25, 0.3) is 11.4 Å². The van der Waals surface area contributed by atoms with Gasteiger partial charge in [-0.2, -0.15) is 4.98 Å². The van der Waals surface area contributed by atoms with Crippen molar-refractivity contribution in [1.29, 1.82) is 0 Å². The van der Waals surface area contributed by atoms with Gasteiger partial charge in [0, 0.05) is 38.7 Å². The first-order valence-electron chi connectivity index (χ1n) is 8.66. The Morgan fingerprint density at radius 3 is 2.58 bits per heavy atom. The molecule has 2 aromatic rings. The monoisotopic (exact) mass is 357 g/mol. The molecular weight excluding hydrogens is 334 g/mol. The molecule has 1 fully saturated rings. The molecule has 0 atom stereocenters. The maximum atomic E-state index is 12.2. The van der Waals surface area contributed by atoms with Gasteiger partial charge in [-0.3, -0.25) is 4.79 Å². The number of carbonyl (C=O) groups excluding carboxylic acids is 2. The number of benzene rings is 1. The second kappa shape index (κ2) is 7.99. The van der Waals surface area contributed by atoms with Crippen molar-refractivity contribution in [2.75, 3.05) is 33.7 Å². The number of amides is 3. The smallest absolute Gasteiger partial charge is 0.317 e. The number of rotatable bonds is 4. The summed E-state index contributed by atoms with van der Waals surface area (Å²) >= 11 is 0. The predicted molar refractivity (Wildman–Crippen MR) is 95.4 cm³/mol. The van der Waals surface area contributed by atoms with Crippen molar-refractivity contribution in [1.82, 2.24) is 25.3 Å². The number of hydrogen-bond donors (Lipinski definition) is 1. The number of aromatic nitrogens is 2. The molecule has 0 aliphatic carbocycles. The number of likely N-dealkylation sites (tertiary alicyclic amines) is 1. The first-order chi connectivity index (χ1) is 12.5. The minimum absolute atomic E-state index is 0.00978. The number of carbonyl (C=O) groups is 2. The van der Waals surface area contributed by atoms with E-state index in [1.807, 2.05) is 30.3 Å². The molecule has 3 amide bonds. The number of nitrogens with one attached hydrogen (secondary N) is 1. The van der Waals surface area contributed by atoms with Crippen molar-refractivity contribution in [3.05, 3.63) is 36.2 Å². The van der Waals surface area contributed by atoms with Crippen molar-refractivity contribution in [3.8, 4) is 11.4 Å². The van der Waals surface area contributed by atoms with Gasteiger partial charge >= 0.3 is 6.03 Å². The third-order valence-corrected chi connectivity index (χ3v) is 4.49. The number of likely N-dealkylation sites (N-methyl/N-ethyl adjacent to an activating group) is 1. The van der Waals surface area contributed by atoms with E-state index in [9.17, 15) is 9.59 Å². The molecule has 0 radical (unpaired) electrons. The second-order valence-corrected chi connectivity index (χ2v) is 6.53. The third-order valence-electron chi connectivity index (χ3n) is 4.49. The molecule has 8 nitrogen and oxygen atoms in total. The highest BCUT2D eigenvalue weighted by atomic mass is 16.5. The fourth-order valence-corrected chi connectivity index (χ4v) is 2.86. The lowest BCUT2D eigenvalue weighted by Gasteiger charge is -2.30. The van der Waals surface area contributed by atoms with Gasteiger partial charge in [-0.25, -0.2) is 4.79 Å². The fraction of sp³-hybridized carbons (Fsp3) is 0.444. The highest BCUT2D eigenvalue weighted by Crippen LogP contribution is 2.28. The van der Waals surface area contributed by atoms with E-state index >= 15 is 0 Å². The average molecular weight is 357 g/mol. The van der Waals surface area contributed by atoms with Crippen molar-refractivity contribution in [2.45, 2.75) is 18.8 Å². The number of nitrogens with zero attached hydrogens (tertiary/aromatic N) is 4. The molecule has 3 rings (SSSR count). The van der Waals surface area contributed by atoms with E-state index in [0.717, 1.165) is 18.4 Å². The van der Waals surface area contributed by atoms with Gasteiger partial charge in [0.2, 0.25) is 17.6 Å². The first kappa shape index (κ1) is 17.9. The molecule has 0 unspecified atom stereocenters. The number of piperidine rings is 1. The van der Waals surface area contributed by atoms with E-state index in [0.29, 0.717) is 24.8 Å². The highest BCUT2D eigenvalue weighted by Gasteiger charge is 2.27. The second-order valence-electron chi connectivity index (χ2n) is 6.53. The van der Waals surface area contributed by atoms with Crippen molar-refractivity contribution in [2.24, 2.45) is 0 Å². The Balaban J connectivity index is 1.52. The number of hydrogen-bond acceptors (Lipinski definition) is 5. The van der Waals surface area contributed by atoms with Crippen LogP contribution in [-0.2, 0) is 4.79 Å². The van der Waals surface area contributed by atoms with Gasteiger partial charge < -0.3 is 19.6 Å². The molecule has 1 aliphatic heterocycles. The summed E-state index contributed by atoms with van der Waals surface area (Å²) in [6.07, 6.45) is 1.51. The fourth-order valence-electron chi connectivity index (χ4n) is 2.86. The highest BCUT2D eigenvalue weighted by molar-refractivity contribution is 5.83. The first-order valence-corrected chi connectivity index (χ1v) is 8.66. The van der Waals surface area contributed by atoms with E-state index in [2.05, 4.69) is 15.5 Å². The summed E-state index contributed by atoms with van der Waals surface area (Å²) in [5, 5.41) is 6.72. The van der Waals surface area contributed by atoms with Gasteiger partial charge in [0.25, 0.3) is 0 Å². The average Bonchev–Trinajstić information content (AvgIpc) is 3.16. The Labute approximate surface area is 152 Å². The normalized spacial score (nSPS) is 14.9. The molecule has 1 aliphatic rings. The van der Waals surface area contributed by atoms with Gasteiger partial charge in [0.15, 0.2) is 0 Å². The van der Waals surface area contributed by atoms with Crippen LogP contribution in [0.1, 0.15) is 24.7 Å². The van der Waals surface area contributed by atoms with Crippen molar-refractivity contribution >= 4 is 11.9 Å². The molecule has 0 bridgehead atoms. The van der Waals surface area contributed by atoms with Crippen LogP contribution in [0, 0.1) is 0 Å². The van der Waals surface area contributed by atoms with Crippen molar-refractivity contribution < 1.29 is 14.1 Å². The molecule has 138 valence electrons. The summed E-state index contributed by atoms with van der Waals surface area (Å²) in [7, 11) is 3.32. The molecule has 0 spiro atoms. The molecule has 8 heteroatoms. The van der Waals surface area contributed by atoms with Crippen LogP contribution < -0.4 is 5.32 Å². The maximum Gasteiger partial charge on any atom is 0.317 e. The Hall–Kier alpha value is -2.90. The van der Waals surface area contributed by atoms with Crippen LogP contribution in [0.5, 0.6) is 0 Å². The van der Waals surface area contributed by atoms with Crippen molar-refractivity contribution in [3.63, 3.8) is 0 Å². The molecule has 1 saturated heterocycles. The van der Waals surface area contributed by atoms with Gasteiger partial charge in [-0.15, -0.1) is 0 Å². The molecule has 0 saturated carbocycles. The summed E-state index contributed by atoms with van der Waals surface area (Å²) < 4.78 is 5.43. The Morgan fingerprint density at radius 1 is 1.23 bits per heavy atom. The van der Waals surface area contributed by atoms with E-state index in [4.69, 9.17) is 4.52 Å². The minimum atomic E-state index is -0.214. The molecule has 1 N–H and O–H groups in total. The van der Waals surface area contributed by atoms with Crippen LogP contribution in [-0.4, -0.2) is 65.6 Å². The molecule has 1 aromatic heterocycles. The minimum Gasteiger partial charge on any atom is -0.347 e. The van der Waals surface area contributed by atoms with Gasteiger partial charge in [0.1, 0.15) is 0 Å². The summed E-state index contributed by atoms with van der Waals surface area (Å²) in [4.78, 5) is 31.4. The largest absolute Gasteiger partial charge is 0.347 e. The van der Waals surface area contributed by atoms with Gasteiger partial charge in [-0.05, 0) is 12.8 Å². The van der Waals surface area contributed by atoms with Gasteiger partial charge in [-0.1, -0.05) is 35.5 Å². The zero-order valence-electron chi connectivity index (χ0n) is 15.0. The zero-order chi connectivity index (χ0) is 18.5. The van der Waals surface area contributed by atoms with Gasteiger partial charge in [0.05, 0.1) is 6.54 Å². The standard InChI is InChI=1S/C18H23N5O3/c1-22(2)15(24)12-19-18(25)23-10-8-14(9-11-23)17-20-16(21-26-17)13-6-4-3-5-7-13/h3-7,14H,8-12H2,1-2H3,(H,19,25). The van der Waals surface area contributed by atoms with Crippen LogP contribution >= 0.6 is 0 Å². The third kappa shape index (κ3) is 4.19. The lowest BCUT2D eigenvalue weighted by atomic mass is 9.97. The Kier molecular flexibility index (Phi) is 5.50. The van der Waals surface area contributed by atoms with Crippen LogP contribution in [0.4, 0.5) is 4.79 Å². The summed E-state index contributed by atoms with van der Waals surface area (Å²) in [6, 6.07) is 9.48. The van der Waals surface area contributed by atoms with E-state index in [1.165, 1.54) is 4.90 Å². The zero-order valence-corrected chi connectivity index (χ0v) is 15.0. The maximum absolute atomic E-state index is 12.2. The summed E-state index contributed by atoms with van der Waals surface area (Å²) in [5.41, 5.74) is 0.921. The molecule has 1 aromatic carbocycles. The van der Waals surface area contributed by atoms with E-state index in [-0.39, 0.29) is 24.4 Å². The molecule has 2 heterocycles. The van der Waals surface area contributed by atoms with Crippen LogP contribution in [0.2, 0.25) is 0 Å². The summed E-state index contributed by atoms with van der Waals surface area (Å²) in [5.74, 6) is 1.22. The molecule has 26 heavy (non-hydrogen) atoms. The Morgan fingerprint density at radius 2 is 1.92 bits per heavy atom. The molecular formula is C18H23N5O3. The number of urea groups is 1.